The summed E-state index contributed by atoms with van der Waals surface area (Å²) >= 11 is 0. The molecule has 1 aromatic rings. The van der Waals surface area contributed by atoms with Crippen molar-refractivity contribution in [3.05, 3.63) is 35.9 Å². The minimum Gasteiger partial charge on any atom is -0.383 e. The number of carbonyl (C=O) groups excluding carboxylic acids is 2. The summed E-state index contributed by atoms with van der Waals surface area (Å²) in [6, 6.07) is 9.88. The molecule has 1 aliphatic carbocycles. The number of likely N-dealkylation sites (tertiary alicyclic amines) is 1. The Hall–Kier alpha value is -1.72. The average Bonchev–Trinajstić information content (AvgIpc) is 2.82. The maximum Gasteiger partial charge on any atom is 0.258 e. The number of benzene rings is 1. The number of hydrogen-bond donors (Lipinski definition) is 1. The zero-order chi connectivity index (χ0) is 16.2. The van der Waals surface area contributed by atoms with Crippen molar-refractivity contribution in [3.63, 3.8) is 0 Å². The van der Waals surface area contributed by atoms with Crippen molar-refractivity contribution in [2.24, 2.45) is 0 Å². The molecule has 1 N–H and O–H groups in total. The third-order valence-electron chi connectivity index (χ3n) is 4.72. The Labute approximate surface area is 136 Å². The van der Waals surface area contributed by atoms with Gasteiger partial charge in [0.05, 0.1) is 25.2 Å². The summed E-state index contributed by atoms with van der Waals surface area (Å²) in [5, 5.41) is 9.63. The van der Waals surface area contributed by atoms with Crippen LogP contribution in [0.5, 0.6) is 0 Å². The molecule has 1 aliphatic heterocycles. The van der Waals surface area contributed by atoms with Crippen molar-refractivity contribution in [1.82, 2.24) is 4.90 Å². The molecule has 23 heavy (non-hydrogen) atoms. The Morgan fingerprint density at radius 3 is 2.57 bits per heavy atom. The van der Waals surface area contributed by atoms with Gasteiger partial charge in [0.25, 0.3) is 5.91 Å². The van der Waals surface area contributed by atoms with Crippen molar-refractivity contribution in [2.45, 2.75) is 56.8 Å². The Morgan fingerprint density at radius 1 is 1.13 bits per heavy atom. The van der Waals surface area contributed by atoms with E-state index in [1.54, 1.807) is 0 Å². The van der Waals surface area contributed by atoms with Crippen LogP contribution in [0, 0.1) is 0 Å². The van der Waals surface area contributed by atoms with Gasteiger partial charge in [-0.05, 0) is 24.8 Å². The highest BCUT2D eigenvalue weighted by Crippen LogP contribution is 2.29. The normalized spacial score (nSPS) is 28.4. The average molecular weight is 317 g/mol. The topological polar surface area (TPSA) is 66.8 Å². The number of hydrogen-bond acceptors (Lipinski definition) is 4. The van der Waals surface area contributed by atoms with Crippen LogP contribution in [0.1, 0.15) is 37.7 Å². The summed E-state index contributed by atoms with van der Waals surface area (Å²) in [7, 11) is 0. The molecule has 1 heterocycles. The summed E-state index contributed by atoms with van der Waals surface area (Å²) < 4.78 is 6.02. The van der Waals surface area contributed by atoms with E-state index in [0.29, 0.717) is 6.61 Å². The van der Waals surface area contributed by atoms with Crippen LogP contribution in [-0.2, 0) is 20.7 Å². The van der Waals surface area contributed by atoms with Crippen LogP contribution in [0.4, 0.5) is 0 Å². The van der Waals surface area contributed by atoms with Crippen LogP contribution >= 0.6 is 0 Å². The molecule has 124 valence electrons. The van der Waals surface area contributed by atoms with E-state index in [9.17, 15) is 14.7 Å². The lowest BCUT2D eigenvalue weighted by molar-refractivity contribution is -0.149. The van der Waals surface area contributed by atoms with E-state index in [4.69, 9.17) is 4.74 Å². The second kappa shape index (κ2) is 7.23. The molecule has 0 aromatic heterocycles. The lowest BCUT2D eigenvalue weighted by Gasteiger charge is -2.36. The van der Waals surface area contributed by atoms with Crippen LogP contribution in [0.3, 0.4) is 0 Å². The van der Waals surface area contributed by atoms with Crippen molar-refractivity contribution in [3.8, 4) is 0 Å². The molecule has 2 fully saturated rings. The van der Waals surface area contributed by atoms with E-state index in [1.165, 1.54) is 10.5 Å². The molecule has 0 spiro atoms. The predicted molar refractivity (Wildman–Crippen MR) is 84.6 cm³/mol. The van der Waals surface area contributed by atoms with Gasteiger partial charge in [-0.2, -0.15) is 0 Å². The summed E-state index contributed by atoms with van der Waals surface area (Å²) in [6.45, 7) is 0.573. The molecule has 1 aromatic carbocycles. The third kappa shape index (κ3) is 3.62. The molecule has 3 rings (SSSR count). The van der Waals surface area contributed by atoms with Gasteiger partial charge in [0, 0.05) is 0 Å². The van der Waals surface area contributed by atoms with Gasteiger partial charge >= 0.3 is 0 Å². The first-order chi connectivity index (χ1) is 11.2. The standard InChI is InChI=1S/C18H23NO4/c20-15-12-17(21)19(18(15)22)14-8-4-5-9-16(14)23-11-10-13-6-2-1-3-7-13/h1-3,6-7,14-16,20H,4-5,8-12H2/t14-,15?,16+/m1/s1. The van der Waals surface area contributed by atoms with Gasteiger partial charge in [-0.25, -0.2) is 0 Å². The maximum atomic E-state index is 12.1. The lowest BCUT2D eigenvalue weighted by atomic mass is 9.91. The summed E-state index contributed by atoms with van der Waals surface area (Å²) in [4.78, 5) is 25.3. The lowest BCUT2D eigenvalue weighted by Crippen LogP contribution is -2.50. The predicted octanol–water partition coefficient (Wildman–Crippen LogP) is 1.68. The van der Waals surface area contributed by atoms with Crippen molar-refractivity contribution in [2.75, 3.05) is 6.61 Å². The fourth-order valence-electron chi connectivity index (χ4n) is 3.52. The molecular weight excluding hydrogens is 294 g/mol. The van der Waals surface area contributed by atoms with Crippen LogP contribution in [0.25, 0.3) is 0 Å². The summed E-state index contributed by atoms with van der Waals surface area (Å²) in [6.07, 6.45) is 3.08. The number of rotatable bonds is 5. The van der Waals surface area contributed by atoms with Gasteiger partial charge in [-0.1, -0.05) is 43.2 Å². The van der Waals surface area contributed by atoms with Crippen LogP contribution in [-0.4, -0.2) is 46.7 Å². The zero-order valence-electron chi connectivity index (χ0n) is 13.2. The zero-order valence-corrected chi connectivity index (χ0v) is 13.2. The molecule has 2 aliphatic rings. The second-order valence-corrected chi connectivity index (χ2v) is 6.32. The van der Waals surface area contributed by atoms with Gasteiger partial charge in [-0.3, -0.25) is 14.5 Å². The minimum atomic E-state index is -1.17. The number of amides is 2. The Morgan fingerprint density at radius 2 is 1.87 bits per heavy atom. The van der Waals surface area contributed by atoms with Gasteiger partial charge < -0.3 is 9.84 Å². The molecule has 0 bridgehead atoms. The van der Waals surface area contributed by atoms with Crippen LogP contribution in [0.2, 0.25) is 0 Å². The van der Waals surface area contributed by atoms with E-state index < -0.39 is 12.0 Å². The number of aliphatic hydroxyl groups excluding tert-OH is 1. The second-order valence-electron chi connectivity index (χ2n) is 6.32. The summed E-state index contributed by atoms with van der Waals surface area (Å²) in [5.41, 5.74) is 1.21. The highest BCUT2D eigenvalue weighted by Gasteiger charge is 2.44. The molecule has 1 saturated heterocycles. The first kappa shape index (κ1) is 16.1. The smallest absolute Gasteiger partial charge is 0.258 e. The van der Waals surface area contributed by atoms with Crippen molar-refractivity contribution in [1.29, 1.82) is 0 Å². The Kier molecular flexibility index (Phi) is 5.08. The number of aliphatic hydroxyl groups is 1. The van der Waals surface area contributed by atoms with Crippen molar-refractivity contribution < 1.29 is 19.4 Å². The molecule has 1 unspecified atom stereocenters. The van der Waals surface area contributed by atoms with Gasteiger partial charge in [0.2, 0.25) is 5.91 Å². The van der Waals surface area contributed by atoms with Crippen LogP contribution < -0.4 is 0 Å². The largest absolute Gasteiger partial charge is 0.383 e. The molecule has 1 saturated carbocycles. The number of ether oxygens (including phenoxy) is 1. The molecule has 3 atom stereocenters. The number of nitrogens with zero attached hydrogens (tertiary/aromatic N) is 1. The molecule has 0 radical (unpaired) electrons. The van der Waals surface area contributed by atoms with Gasteiger partial charge in [0.1, 0.15) is 6.10 Å². The Balaban J connectivity index is 1.60. The molecular formula is C18H23NO4. The molecule has 2 amide bonds. The highest BCUT2D eigenvalue weighted by molar-refractivity contribution is 6.05. The quantitative estimate of drug-likeness (QED) is 0.839. The number of imide groups is 1. The van der Waals surface area contributed by atoms with Gasteiger partial charge in [-0.15, -0.1) is 0 Å². The Bertz CT molecular complexity index is 559. The van der Waals surface area contributed by atoms with Gasteiger partial charge in [0.15, 0.2) is 0 Å². The fourth-order valence-corrected chi connectivity index (χ4v) is 3.52. The SMILES string of the molecule is O=C1CC(O)C(=O)N1[C@@H]1CCCC[C@@H]1OCCc1ccccc1. The number of carbonyl (C=O) groups is 2. The van der Waals surface area contributed by atoms with E-state index >= 15 is 0 Å². The minimum absolute atomic E-state index is 0.0912. The highest BCUT2D eigenvalue weighted by atomic mass is 16.5. The molecule has 5 nitrogen and oxygen atoms in total. The third-order valence-corrected chi connectivity index (χ3v) is 4.72. The van der Waals surface area contributed by atoms with Crippen molar-refractivity contribution >= 4 is 11.8 Å². The fraction of sp³-hybridized carbons (Fsp3) is 0.556. The summed E-state index contributed by atoms with van der Waals surface area (Å²) in [5.74, 6) is -0.732. The van der Waals surface area contributed by atoms with E-state index in [0.717, 1.165) is 32.1 Å². The molecule has 5 heteroatoms. The first-order valence-corrected chi connectivity index (χ1v) is 8.36. The van der Waals surface area contributed by atoms with E-state index in [2.05, 4.69) is 12.1 Å². The van der Waals surface area contributed by atoms with E-state index in [1.807, 2.05) is 18.2 Å². The van der Waals surface area contributed by atoms with E-state index in [-0.39, 0.29) is 24.5 Å². The first-order valence-electron chi connectivity index (χ1n) is 8.36. The maximum absolute atomic E-state index is 12.1. The monoisotopic (exact) mass is 317 g/mol. The van der Waals surface area contributed by atoms with Crippen LogP contribution in [0.15, 0.2) is 30.3 Å².